The molecular weight excluding hydrogens is 270 g/mol. The average Bonchev–Trinajstić information content (AvgIpc) is 2.15. The van der Waals surface area contributed by atoms with E-state index in [2.05, 4.69) is 0 Å². The fourth-order valence-electron chi connectivity index (χ4n) is 1.15. The Balaban J connectivity index is 3.37. The fraction of sp³-hybridized carbons (Fsp3) is 0.333. The minimum Gasteiger partial charge on any atom is -0.490 e. The van der Waals surface area contributed by atoms with Crippen LogP contribution in [0, 0.1) is 10.1 Å². The molecule has 17 heavy (non-hydrogen) atoms. The Labute approximate surface area is 103 Å². The minimum atomic E-state index is -4.09. The number of nitro benzene ring substituents is 1. The molecule has 0 radical (unpaired) electrons. The van der Waals surface area contributed by atoms with Crippen molar-refractivity contribution in [3.05, 3.63) is 28.3 Å². The van der Waals surface area contributed by atoms with Crippen molar-refractivity contribution in [2.75, 3.05) is 0 Å². The first-order valence-corrected chi connectivity index (χ1v) is 6.92. The van der Waals surface area contributed by atoms with Gasteiger partial charge in [0.1, 0.15) is 10.6 Å². The maximum Gasteiger partial charge on any atom is 0.271 e. The highest BCUT2D eigenvalue weighted by Crippen LogP contribution is 2.31. The van der Waals surface area contributed by atoms with Crippen LogP contribution in [-0.4, -0.2) is 19.4 Å². The molecule has 1 rings (SSSR count). The maximum absolute atomic E-state index is 11.3. The van der Waals surface area contributed by atoms with Crippen LogP contribution < -0.4 is 4.74 Å². The molecule has 0 fully saturated rings. The van der Waals surface area contributed by atoms with Crippen molar-refractivity contribution in [1.82, 2.24) is 0 Å². The lowest BCUT2D eigenvalue weighted by Crippen LogP contribution is -2.08. The normalized spacial score (nSPS) is 11.5. The largest absolute Gasteiger partial charge is 0.490 e. The van der Waals surface area contributed by atoms with E-state index in [1.807, 2.05) is 0 Å². The van der Waals surface area contributed by atoms with Gasteiger partial charge >= 0.3 is 0 Å². The third-order valence-electron chi connectivity index (χ3n) is 1.76. The number of non-ortho nitro benzene ring substituents is 1. The first kappa shape index (κ1) is 13.7. The molecule has 0 bridgehead atoms. The van der Waals surface area contributed by atoms with Crippen molar-refractivity contribution < 1.29 is 18.1 Å². The van der Waals surface area contributed by atoms with E-state index in [1.54, 1.807) is 13.8 Å². The molecular formula is C9H10ClNO5S. The molecule has 0 aliphatic rings. The lowest BCUT2D eigenvalue weighted by molar-refractivity contribution is -0.385. The van der Waals surface area contributed by atoms with Gasteiger partial charge in [-0.2, -0.15) is 0 Å². The Kier molecular flexibility index (Phi) is 3.94. The van der Waals surface area contributed by atoms with Gasteiger partial charge in [0.25, 0.3) is 14.7 Å². The third-order valence-corrected chi connectivity index (χ3v) is 3.11. The molecule has 0 unspecified atom stereocenters. The zero-order chi connectivity index (χ0) is 13.2. The van der Waals surface area contributed by atoms with E-state index in [1.165, 1.54) is 6.07 Å². The fourth-order valence-corrected chi connectivity index (χ4v) is 2.13. The van der Waals surface area contributed by atoms with Crippen LogP contribution in [0.3, 0.4) is 0 Å². The molecule has 8 heteroatoms. The van der Waals surface area contributed by atoms with E-state index >= 15 is 0 Å². The highest BCUT2D eigenvalue weighted by Gasteiger charge is 2.21. The van der Waals surface area contributed by atoms with Gasteiger partial charge in [-0.3, -0.25) is 10.1 Å². The van der Waals surface area contributed by atoms with Crippen molar-refractivity contribution in [2.24, 2.45) is 0 Å². The molecule has 0 aliphatic heterocycles. The van der Waals surface area contributed by atoms with Crippen LogP contribution in [0.4, 0.5) is 5.69 Å². The molecule has 0 amide bonds. The second-order valence-corrected chi connectivity index (χ2v) is 6.03. The summed E-state index contributed by atoms with van der Waals surface area (Å²) in [4.78, 5) is 9.44. The number of ether oxygens (including phenoxy) is 1. The third kappa shape index (κ3) is 3.57. The molecule has 1 aromatic rings. The maximum atomic E-state index is 11.3. The average molecular weight is 280 g/mol. The van der Waals surface area contributed by atoms with Crippen molar-refractivity contribution in [3.63, 3.8) is 0 Å². The molecule has 0 N–H and O–H groups in total. The van der Waals surface area contributed by atoms with Crippen LogP contribution in [0.5, 0.6) is 5.75 Å². The standard InChI is InChI=1S/C9H10ClNO5S/c1-6(2)16-8-4-3-7(11(12)13)5-9(8)17(10,14)15/h3-6H,1-2H3. The number of nitro groups is 1. The summed E-state index contributed by atoms with van der Waals surface area (Å²) in [5.74, 6) is 0.000556. The molecule has 0 saturated carbocycles. The van der Waals surface area contributed by atoms with Crippen molar-refractivity contribution >= 4 is 25.4 Å². The summed E-state index contributed by atoms with van der Waals surface area (Å²) in [6.07, 6.45) is -0.270. The predicted octanol–water partition coefficient (Wildman–Crippen LogP) is 2.31. The van der Waals surface area contributed by atoms with Crippen molar-refractivity contribution in [3.8, 4) is 5.75 Å². The Bertz CT molecular complexity index is 540. The van der Waals surface area contributed by atoms with Crippen LogP contribution in [0.25, 0.3) is 0 Å². The van der Waals surface area contributed by atoms with E-state index < -0.39 is 18.9 Å². The number of nitrogens with zero attached hydrogens (tertiary/aromatic N) is 1. The quantitative estimate of drug-likeness (QED) is 0.479. The van der Waals surface area contributed by atoms with Gasteiger partial charge in [-0.1, -0.05) is 0 Å². The molecule has 0 aromatic heterocycles. The Morgan fingerprint density at radius 1 is 1.41 bits per heavy atom. The van der Waals surface area contributed by atoms with Gasteiger partial charge in [0.2, 0.25) is 0 Å². The number of hydrogen-bond acceptors (Lipinski definition) is 5. The molecule has 0 spiro atoms. The Morgan fingerprint density at radius 3 is 2.41 bits per heavy atom. The summed E-state index contributed by atoms with van der Waals surface area (Å²) in [7, 11) is 1.10. The van der Waals surface area contributed by atoms with Gasteiger partial charge in [0.15, 0.2) is 0 Å². The number of benzene rings is 1. The van der Waals surface area contributed by atoms with Crippen LogP contribution in [0.15, 0.2) is 23.1 Å². The zero-order valence-corrected chi connectivity index (χ0v) is 10.7. The lowest BCUT2D eigenvalue weighted by atomic mass is 10.3. The van der Waals surface area contributed by atoms with E-state index in [4.69, 9.17) is 15.4 Å². The second-order valence-electron chi connectivity index (χ2n) is 3.49. The number of hydrogen-bond donors (Lipinski definition) is 0. The van der Waals surface area contributed by atoms with E-state index in [-0.39, 0.29) is 17.5 Å². The topological polar surface area (TPSA) is 86.5 Å². The van der Waals surface area contributed by atoms with Gasteiger partial charge in [-0.25, -0.2) is 8.42 Å². The van der Waals surface area contributed by atoms with E-state index in [0.29, 0.717) is 0 Å². The summed E-state index contributed by atoms with van der Waals surface area (Å²) in [6.45, 7) is 3.40. The van der Waals surface area contributed by atoms with Gasteiger partial charge in [0.05, 0.1) is 11.0 Å². The number of halogens is 1. The first-order valence-electron chi connectivity index (χ1n) is 4.61. The van der Waals surface area contributed by atoms with Crippen LogP contribution in [0.2, 0.25) is 0 Å². The molecule has 0 heterocycles. The Hall–Kier alpha value is -1.34. The monoisotopic (exact) mass is 279 g/mol. The second kappa shape index (κ2) is 4.89. The van der Waals surface area contributed by atoms with Crippen LogP contribution in [-0.2, 0) is 9.05 Å². The van der Waals surface area contributed by atoms with Gasteiger partial charge < -0.3 is 4.74 Å². The van der Waals surface area contributed by atoms with Crippen molar-refractivity contribution in [2.45, 2.75) is 24.8 Å². The predicted molar refractivity (Wildman–Crippen MR) is 61.9 cm³/mol. The molecule has 0 saturated heterocycles. The van der Waals surface area contributed by atoms with Gasteiger partial charge in [0, 0.05) is 22.8 Å². The first-order chi connectivity index (χ1) is 7.71. The van der Waals surface area contributed by atoms with Crippen LogP contribution >= 0.6 is 10.7 Å². The smallest absolute Gasteiger partial charge is 0.271 e. The van der Waals surface area contributed by atoms with Crippen LogP contribution in [0.1, 0.15) is 13.8 Å². The van der Waals surface area contributed by atoms with Gasteiger partial charge in [-0.05, 0) is 19.9 Å². The summed E-state index contributed by atoms with van der Waals surface area (Å²) in [5, 5.41) is 10.5. The zero-order valence-electron chi connectivity index (χ0n) is 9.08. The van der Waals surface area contributed by atoms with Crippen molar-refractivity contribution in [1.29, 1.82) is 0 Å². The molecule has 94 valence electrons. The molecule has 6 nitrogen and oxygen atoms in total. The summed E-state index contributed by atoms with van der Waals surface area (Å²) in [6, 6.07) is 3.25. The SMILES string of the molecule is CC(C)Oc1ccc([N+](=O)[O-])cc1S(=O)(=O)Cl. The van der Waals surface area contributed by atoms with E-state index in [0.717, 1.165) is 12.1 Å². The summed E-state index contributed by atoms with van der Waals surface area (Å²) >= 11 is 0. The highest BCUT2D eigenvalue weighted by atomic mass is 35.7. The minimum absolute atomic E-state index is 0.000556. The number of rotatable bonds is 4. The van der Waals surface area contributed by atoms with E-state index in [9.17, 15) is 18.5 Å². The summed E-state index contributed by atoms with van der Waals surface area (Å²) < 4.78 is 27.8. The highest BCUT2D eigenvalue weighted by molar-refractivity contribution is 8.13. The molecule has 0 aliphatic carbocycles. The van der Waals surface area contributed by atoms with Gasteiger partial charge in [-0.15, -0.1) is 0 Å². The molecule has 0 atom stereocenters. The molecule has 1 aromatic carbocycles. The summed E-state index contributed by atoms with van der Waals surface area (Å²) in [5.41, 5.74) is -0.361. The lowest BCUT2D eigenvalue weighted by Gasteiger charge is -2.12. The Morgan fingerprint density at radius 2 is 2.00 bits per heavy atom.